The Morgan fingerprint density at radius 3 is 3.00 bits per heavy atom. The van der Waals surface area contributed by atoms with Crippen molar-refractivity contribution in [3.05, 3.63) is 35.5 Å². The Morgan fingerprint density at radius 2 is 2.17 bits per heavy atom. The van der Waals surface area contributed by atoms with E-state index >= 15 is 0 Å². The van der Waals surface area contributed by atoms with Gasteiger partial charge in [-0.1, -0.05) is 11.6 Å². The van der Waals surface area contributed by atoms with Crippen LogP contribution in [0.4, 0.5) is 4.39 Å². The maximum absolute atomic E-state index is 12.9. The third kappa shape index (κ3) is 1.12. The Balaban J connectivity index is 2.84. The van der Waals surface area contributed by atoms with Gasteiger partial charge in [-0.25, -0.2) is 14.4 Å². The van der Waals surface area contributed by atoms with Crippen molar-refractivity contribution in [2.24, 2.45) is 0 Å². The predicted octanol–water partition coefficient (Wildman–Crippen LogP) is 2.42. The van der Waals surface area contributed by atoms with Gasteiger partial charge >= 0.3 is 0 Å². The van der Waals surface area contributed by atoms with E-state index in [9.17, 15) is 4.39 Å². The van der Waals surface area contributed by atoms with Crippen molar-refractivity contribution in [1.82, 2.24) is 9.97 Å². The van der Waals surface area contributed by atoms with E-state index in [1.165, 1.54) is 18.5 Å². The molecule has 2 nitrogen and oxygen atoms in total. The summed E-state index contributed by atoms with van der Waals surface area (Å²) in [7, 11) is 0. The summed E-state index contributed by atoms with van der Waals surface area (Å²) in [6, 6.07) is 2.80. The highest BCUT2D eigenvalue weighted by molar-refractivity contribution is 6.31. The predicted molar refractivity (Wildman–Crippen MR) is 44.5 cm³/mol. The molecule has 0 unspecified atom stereocenters. The molecule has 0 saturated carbocycles. The number of halogens is 2. The molecule has 0 aliphatic carbocycles. The molecule has 0 aliphatic rings. The van der Waals surface area contributed by atoms with Crippen molar-refractivity contribution in [3.63, 3.8) is 0 Å². The van der Waals surface area contributed by atoms with Gasteiger partial charge in [0.25, 0.3) is 0 Å². The average molecular weight is 183 g/mol. The van der Waals surface area contributed by atoms with Crippen LogP contribution in [0.1, 0.15) is 0 Å². The largest absolute Gasteiger partial charge is 0.244 e. The fourth-order valence-electron chi connectivity index (χ4n) is 0.976. The number of nitrogens with zero attached hydrogens (tertiary/aromatic N) is 2. The SMILES string of the molecule is Fc1cc2ncncc2cc1Cl. The molecule has 0 radical (unpaired) electrons. The monoisotopic (exact) mass is 182 g/mol. The zero-order valence-corrected chi connectivity index (χ0v) is 6.72. The van der Waals surface area contributed by atoms with Gasteiger partial charge in [0, 0.05) is 17.6 Å². The normalized spacial score (nSPS) is 10.5. The van der Waals surface area contributed by atoms with Crippen molar-refractivity contribution < 1.29 is 4.39 Å². The molecule has 0 saturated heterocycles. The molecule has 0 spiro atoms. The van der Waals surface area contributed by atoms with Gasteiger partial charge in [0.2, 0.25) is 0 Å². The number of hydrogen-bond acceptors (Lipinski definition) is 2. The Morgan fingerprint density at radius 1 is 1.33 bits per heavy atom. The number of benzene rings is 1. The van der Waals surface area contributed by atoms with Crippen molar-refractivity contribution >= 4 is 22.5 Å². The van der Waals surface area contributed by atoms with Crippen LogP contribution in [0.2, 0.25) is 5.02 Å². The number of rotatable bonds is 0. The minimum atomic E-state index is -0.456. The number of fused-ring (bicyclic) bond motifs is 1. The van der Waals surface area contributed by atoms with Gasteiger partial charge < -0.3 is 0 Å². The molecule has 0 bridgehead atoms. The van der Waals surface area contributed by atoms with Crippen molar-refractivity contribution in [3.8, 4) is 0 Å². The average Bonchev–Trinajstić information content (AvgIpc) is 2.07. The lowest BCUT2D eigenvalue weighted by atomic mass is 10.2. The van der Waals surface area contributed by atoms with Gasteiger partial charge in [0.05, 0.1) is 10.5 Å². The quantitative estimate of drug-likeness (QED) is 0.625. The molecule has 12 heavy (non-hydrogen) atoms. The van der Waals surface area contributed by atoms with E-state index in [4.69, 9.17) is 11.6 Å². The fraction of sp³-hybridized carbons (Fsp3) is 0. The van der Waals surface area contributed by atoms with Crippen LogP contribution in [0.5, 0.6) is 0 Å². The van der Waals surface area contributed by atoms with Gasteiger partial charge in [-0.15, -0.1) is 0 Å². The standard InChI is InChI=1S/C8H4ClFN2/c9-6-1-5-3-11-4-12-8(5)2-7(6)10/h1-4H. The highest BCUT2D eigenvalue weighted by Gasteiger charge is 2.01. The van der Waals surface area contributed by atoms with Crippen LogP contribution in [-0.2, 0) is 0 Å². The highest BCUT2D eigenvalue weighted by Crippen LogP contribution is 2.20. The van der Waals surface area contributed by atoms with Crippen LogP contribution in [0.25, 0.3) is 10.9 Å². The summed E-state index contributed by atoms with van der Waals surface area (Å²) in [6.07, 6.45) is 2.96. The molecular formula is C8H4ClFN2. The molecule has 1 aromatic carbocycles. The van der Waals surface area contributed by atoms with Crippen LogP contribution >= 0.6 is 11.6 Å². The number of aromatic nitrogens is 2. The first-order valence-corrected chi connectivity index (χ1v) is 3.70. The summed E-state index contributed by atoms with van der Waals surface area (Å²) in [5.41, 5.74) is 0.562. The minimum absolute atomic E-state index is 0.0947. The second-order valence-electron chi connectivity index (χ2n) is 2.35. The Bertz CT molecular complexity index is 390. The highest BCUT2D eigenvalue weighted by atomic mass is 35.5. The third-order valence-electron chi connectivity index (χ3n) is 1.55. The van der Waals surface area contributed by atoms with Crippen molar-refractivity contribution in [2.45, 2.75) is 0 Å². The van der Waals surface area contributed by atoms with E-state index in [0.717, 1.165) is 5.39 Å². The molecule has 0 N–H and O–H groups in total. The van der Waals surface area contributed by atoms with Crippen LogP contribution in [0.15, 0.2) is 24.7 Å². The van der Waals surface area contributed by atoms with Crippen LogP contribution < -0.4 is 0 Å². The molecule has 1 aromatic heterocycles. The van der Waals surface area contributed by atoms with Gasteiger partial charge in [-0.2, -0.15) is 0 Å². The Labute approximate surface area is 73.0 Å². The Hall–Kier alpha value is -1.22. The molecule has 4 heteroatoms. The maximum atomic E-state index is 12.9. The topological polar surface area (TPSA) is 25.8 Å². The summed E-state index contributed by atoms with van der Waals surface area (Å²) in [4.78, 5) is 7.66. The van der Waals surface area contributed by atoms with Crippen molar-refractivity contribution in [2.75, 3.05) is 0 Å². The summed E-state index contributed by atoms with van der Waals surface area (Å²) in [5, 5.41) is 0.834. The lowest BCUT2D eigenvalue weighted by Gasteiger charge is -1.96. The van der Waals surface area contributed by atoms with Gasteiger partial charge in [0.1, 0.15) is 12.1 Å². The molecule has 2 aromatic rings. The molecule has 2 rings (SSSR count). The Kier molecular flexibility index (Phi) is 1.66. The van der Waals surface area contributed by atoms with E-state index in [1.54, 1.807) is 6.20 Å². The van der Waals surface area contributed by atoms with E-state index in [0.29, 0.717) is 5.52 Å². The van der Waals surface area contributed by atoms with Gasteiger partial charge in [-0.05, 0) is 6.07 Å². The molecule has 0 aliphatic heterocycles. The zero-order chi connectivity index (χ0) is 8.55. The van der Waals surface area contributed by atoms with Crippen LogP contribution in [-0.4, -0.2) is 9.97 Å². The summed E-state index contributed by atoms with van der Waals surface area (Å²) >= 11 is 5.56. The van der Waals surface area contributed by atoms with E-state index < -0.39 is 5.82 Å². The molecule has 0 fully saturated rings. The summed E-state index contributed by atoms with van der Waals surface area (Å²) in [6.45, 7) is 0. The lowest BCUT2D eigenvalue weighted by molar-refractivity contribution is 0.630. The first kappa shape index (κ1) is 7.43. The first-order valence-electron chi connectivity index (χ1n) is 3.32. The fourth-order valence-corrected chi connectivity index (χ4v) is 1.15. The third-order valence-corrected chi connectivity index (χ3v) is 1.84. The summed E-state index contributed by atoms with van der Waals surface area (Å²) < 4.78 is 12.9. The van der Waals surface area contributed by atoms with Gasteiger partial charge in [0.15, 0.2) is 0 Å². The van der Waals surface area contributed by atoms with Crippen LogP contribution in [0, 0.1) is 5.82 Å². The zero-order valence-electron chi connectivity index (χ0n) is 5.96. The van der Waals surface area contributed by atoms with E-state index in [1.807, 2.05) is 0 Å². The van der Waals surface area contributed by atoms with E-state index in [2.05, 4.69) is 9.97 Å². The molecule has 1 heterocycles. The maximum Gasteiger partial charge on any atom is 0.143 e. The van der Waals surface area contributed by atoms with Crippen molar-refractivity contribution in [1.29, 1.82) is 0 Å². The molecule has 60 valence electrons. The number of hydrogen-bond donors (Lipinski definition) is 0. The van der Waals surface area contributed by atoms with Gasteiger partial charge in [-0.3, -0.25) is 0 Å². The van der Waals surface area contributed by atoms with E-state index in [-0.39, 0.29) is 5.02 Å². The molecular weight excluding hydrogens is 179 g/mol. The first-order chi connectivity index (χ1) is 5.77. The summed E-state index contributed by atoms with van der Waals surface area (Å²) in [5.74, 6) is -0.456. The molecule has 0 amide bonds. The minimum Gasteiger partial charge on any atom is -0.244 e. The smallest absolute Gasteiger partial charge is 0.143 e. The second-order valence-corrected chi connectivity index (χ2v) is 2.76. The second kappa shape index (κ2) is 2.68. The van der Waals surface area contributed by atoms with Crippen LogP contribution in [0.3, 0.4) is 0 Å². The molecule has 0 atom stereocenters. The lowest BCUT2D eigenvalue weighted by Crippen LogP contribution is -1.83.